The molecule has 1 aliphatic heterocycles. The van der Waals surface area contributed by atoms with Gasteiger partial charge in [-0.2, -0.15) is 0 Å². The first kappa shape index (κ1) is 13.7. The van der Waals surface area contributed by atoms with Crippen molar-refractivity contribution in [3.63, 3.8) is 0 Å². The first-order valence-electron chi connectivity index (χ1n) is 7.72. The molecule has 3 rings (SSSR count). The Morgan fingerprint density at radius 3 is 2.70 bits per heavy atom. The van der Waals surface area contributed by atoms with Crippen LogP contribution < -0.4 is 0 Å². The molecule has 1 heterocycles. The highest BCUT2D eigenvalue weighted by Crippen LogP contribution is 2.36. The highest BCUT2D eigenvalue weighted by atomic mass is 19.1. The molecule has 0 unspecified atom stereocenters. The fourth-order valence-corrected chi connectivity index (χ4v) is 3.67. The van der Waals surface area contributed by atoms with E-state index in [1.54, 1.807) is 12.1 Å². The van der Waals surface area contributed by atoms with Gasteiger partial charge in [-0.15, -0.1) is 0 Å². The summed E-state index contributed by atoms with van der Waals surface area (Å²) in [5.74, 6) is 1.62. The third-order valence-corrected chi connectivity index (χ3v) is 4.84. The van der Waals surface area contributed by atoms with Crippen molar-refractivity contribution in [2.45, 2.75) is 32.1 Å². The third kappa shape index (κ3) is 3.26. The molecule has 0 radical (unpaired) electrons. The Kier molecular flexibility index (Phi) is 4.16. The molecule has 2 aliphatic rings. The van der Waals surface area contributed by atoms with E-state index in [1.807, 2.05) is 0 Å². The second-order valence-corrected chi connectivity index (χ2v) is 6.31. The van der Waals surface area contributed by atoms with Crippen molar-refractivity contribution in [3.05, 3.63) is 35.6 Å². The Labute approximate surface area is 120 Å². The number of fused-ring (bicyclic) bond motifs is 2. The molecular weight excluding hydrogens is 253 g/mol. The summed E-state index contributed by atoms with van der Waals surface area (Å²) in [4.78, 5) is 14.5. The second kappa shape index (κ2) is 6.04. The van der Waals surface area contributed by atoms with Crippen LogP contribution in [0.4, 0.5) is 4.39 Å². The first-order chi connectivity index (χ1) is 9.70. The van der Waals surface area contributed by atoms with Crippen LogP contribution >= 0.6 is 0 Å². The van der Waals surface area contributed by atoms with E-state index >= 15 is 0 Å². The first-order valence-corrected chi connectivity index (χ1v) is 7.72. The number of likely N-dealkylation sites (tertiary alicyclic amines) is 1. The van der Waals surface area contributed by atoms with Gasteiger partial charge >= 0.3 is 0 Å². The molecule has 2 atom stereocenters. The van der Waals surface area contributed by atoms with Crippen LogP contribution in [0.3, 0.4) is 0 Å². The minimum atomic E-state index is -0.287. The van der Waals surface area contributed by atoms with Crippen molar-refractivity contribution in [2.24, 2.45) is 11.8 Å². The predicted molar refractivity (Wildman–Crippen MR) is 77.2 cm³/mol. The number of hydrogen-bond acceptors (Lipinski definition) is 2. The number of rotatable bonds is 4. The molecule has 1 aromatic carbocycles. The predicted octanol–water partition coefficient (Wildman–Crippen LogP) is 3.52. The van der Waals surface area contributed by atoms with E-state index in [1.165, 1.54) is 37.8 Å². The molecule has 2 bridgehead atoms. The van der Waals surface area contributed by atoms with E-state index in [4.69, 9.17) is 0 Å². The molecule has 0 N–H and O–H groups in total. The van der Waals surface area contributed by atoms with Gasteiger partial charge in [0, 0.05) is 25.1 Å². The maximum atomic E-state index is 12.8. The van der Waals surface area contributed by atoms with E-state index in [2.05, 4.69) is 4.90 Å². The number of Topliss-reactive ketones (excluding diaryl/α,β-unsaturated/α-hetero) is 1. The number of carbonyl (C=O) groups excluding carboxylic acids is 1. The normalized spacial score (nSPS) is 26.4. The topological polar surface area (TPSA) is 20.3 Å². The van der Waals surface area contributed by atoms with Crippen molar-refractivity contribution in [2.75, 3.05) is 19.6 Å². The quantitative estimate of drug-likeness (QED) is 0.784. The molecule has 3 heteroatoms. The number of ketones is 1. The van der Waals surface area contributed by atoms with Crippen LogP contribution in [0.2, 0.25) is 0 Å². The van der Waals surface area contributed by atoms with Crippen molar-refractivity contribution in [3.8, 4) is 0 Å². The lowest BCUT2D eigenvalue weighted by molar-refractivity contribution is 0.0960. The van der Waals surface area contributed by atoms with Crippen LogP contribution in [0.25, 0.3) is 0 Å². The Morgan fingerprint density at radius 1 is 1.15 bits per heavy atom. The summed E-state index contributed by atoms with van der Waals surface area (Å²) in [5.41, 5.74) is 0.628. The molecule has 20 heavy (non-hydrogen) atoms. The molecule has 0 spiro atoms. The van der Waals surface area contributed by atoms with Crippen LogP contribution in [-0.4, -0.2) is 30.3 Å². The average Bonchev–Trinajstić information content (AvgIpc) is 2.78. The molecule has 1 aliphatic carbocycles. The molecule has 2 fully saturated rings. The lowest BCUT2D eigenvalue weighted by Crippen LogP contribution is -2.31. The van der Waals surface area contributed by atoms with E-state index in [-0.39, 0.29) is 11.6 Å². The molecule has 2 nitrogen and oxygen atoms in total. The Balaban J connectivity index is 1.51. The van der Waals surface area contributed by atoms with Crippen LogP contribution in [-0.2, 0) is 0 Å². The van der Waals surface area contributed by atoms with E-state index in [9.17, 15) is 9.18 Å². The fourth-order valence-electron chi connectivity index (χ4n) is 3.67. The number of benzene rings is 1. The monoisotopic (exact) mass is 275 g/mol. The zero-order valence-electron chi connectivity index (χ0n) is 11.9. The summed E-state index contributed by atoms with van der Waals surface area (Å²) in [6, 6.07) is 5.89. The summed E-state index contributed by atoms with van der Waals surface area (Å²) in [6.45, 7) is 3.14. The van der Waals surface area contributed by atoms with Gasteiger partial charge in [0.05, 0.1) is 0 Å². The van der Waals surface area contributed by atoms with E-state index in [0.29, 0.717) is 12.0 Å². The molecule has 1 saturated carbocycles. The van der Waals surface area contributed by atoms with Crippen LogP contribution in [0.15, 0.2) is 24.3 Å². The Bertz CT molecular complexity index is 470. The minimum Gasteiger partial charge on any atom is -0.303 e. The van der Waals surface area contributed by atoms with Gasteiger partial charge < -0.3 is 4.90 Å². The van der Waals surface area contributed by atoms with Crippen LogP contribution in [0.5, 0.6) is 0 Å². The molecule has 108 valence electrons. The molecule has 0 amide bonds. The highest BCUT2D eigenvalue weighted by Gasteiger charge is 2.29. The maximum Gasteiger partial charge on any atom is 0.164 e. The van der Waals surface area contributed by atoms with Gasteiger partial charge in [0.15, 0.2) is 5.78 Å². The summed E-state index contributed by atoms with van der Waals surface area (Å²) < 4.78 is 12.8. The zero-order chi connectivity index (χ0) is 13.9. The smallest absolute Gasteiger partial charge is 0.164 e. The number of nitrogens with zero attached hydrogens (tertiary/aromatic N) is 1. The summed E-state index contributed by atoms with van der Waals surface area (Å²) in [5, 5.41) is 0. The van der Waals surface area contributed by atoms with Gasteiger partial charge in [0.25, 0.3) is 0 Å². The standard InChI is InChI=1S/C17H22FNO/c18-16-5-3-15(4-6-16)17(20)8-10-19-9-7-13-1-2-14(11-13)12-19/h3-6,13-14H,1-2,7-12H2/t13-,14-/m0/s1. The van der Waals surface area contributed by atoms with Gasteiger partial charge in [0.2, 0.25) is 0 Å². The minimum absolute atomic E-state index is 0.124. The molecule has 0 aromatic heterocycles. The number of carbonyl (C=O) groups is 1. The second-order valence-electron chi connectivity index (χ2n) is 6.31. The summed E-state index contributed by atoms with van der Waals surface area (Å²) in [6.07, 6.45) is 6.01. The Hall–Kier alpha value is -1.22. The highest BCUT2D eigenvalue weighted by molar-refractivity contribution is 5.96. The van der Waals surface area contributed by atoms with E-state index < -0.39 is 0 Å². The van der Waals surface area contributed by atoms with Crippen molar-refractivity contribution < 1.29 is 9.18 Å². The molecule has 1 saturated heterocycles. The lowest BCUT2D eigenvalue weighted by Gasteiger charge is -2.24. The Morgan fingerprint density at radius 2 is 1.90 bits per heavy atom. The maximum absolute atomic E-state index is 12.8. The molecular formula is C17H22FNO. The fraction of sp³-hybridized carbons (Fsp3) is 0.588. The van der Waals surface area contributed by atoms with Crippen molar-refractivity contribution in [1.29, 1.82) is 0 Å². The summed E-state index contributed by atoms with van der Waals surface area (Å²) >= 11 is 0. The number of halogens is 1. The van der Waals surface area contributed by atoms with Crippen LogP contribution in [0.1, 0.15) is 42.5 Å². The van der Waals surface area contributed by atoms with Crippen molar-refractivity contribution in [1.82, 2.24) is 4.90 Å². The van der Waals surface area contributed by atoms with Crippen LogP contribution in [0, 0.1) is 17.7 Å². The molecule has 1 aromatic rings. The third-order valence-electron chi connectivity index (χ3n) is 4.84. The van der Waals surface area contributed by atoms with Gasteiger partial charge in [-0.05, 0) is 61.9 Å². The lowest BCUT2D eigenvalue weighted by atomic mass is 10.0. The van der Waals surface area contributed by atoms with Gasteiger partial charge in [0.1, 0.15) is 5.82 Å². The SMILES string of the molecule is O=C(CCN1CC[C@@H]2CC[C@@H](C2)C1)c1ccc(F)cc1. The van der Waals surface area contributed by atoms with Gasteiger partial charge in [-0.25, -0.2) is 4.39 Å². The average molecular weight is 275 g/mol. The zero-order valence-corrected chi connectivity index (χ0v) is 11.9. The summed E-state index contributed by atoms with van der Waals surface area (Å²) in [7, 11) is 0. The van der Waals surface area contributed by atoms with Gasteiger partial charge in [-0.3, -0.25) is 4.79 Å². The van der Waals surface area contributed by atoms with Crippen molar-refractivity contribution >= 4 is 5.78 Å². The van der Waals surface area contributed by atoms with Gasteiger partial charge in [-0.1, -0.05) is 6.42 Å². The number of hydrogen-bond donors (Lipinski definition) is 0. The largest absolute Gasteiger partial charge is 0.303 e. The van der Waals surface area contributed by atoms with E-state index in [0.717, 1.165) is 31.5 Å².